The number of aryl methyl sites for hydroxylation is 1. The average Bonchev–Trinajstić information content (AvgIpc) is 2.57. The Morgan fingerprint density at radius 1 is 1.42 bits per heavy atom. The molecule has 0 bridgehead atoms. The number of nitrogens with zero attached hydrogens (tertiary/aromatic N) is 3. The van der Waals surface area contributed by atoms with Gasteiger partial charge in [-0.2, -0.15) is 0 Å². The molecule has 8 heteroatoms. The maximum absolute atomic E-state index is 12.5. The molecule has 1 aliphatic heterocycles. The number of nitrogen functional groups attached to an aromatic ring is 1. The third-order valence-corrected chi connectivity index (χ3v) is 3.77. The predicted molar refractivity (Wildman–Crippen MR) is 86.5 cm³/mol. The van der Waals surface area contributed by atoms with Gasteiger partial charge in [0.15, 0.2) is 0 Å². The summed E-state index contributed by atoms with van der Waals surface area (Å²) < 4.78 is 11.3. The number of ether oxygens (including phenoxy) is 2. The minimum atomic E-state index is -0.312. The molecular weight excluding hydrogens is 310 g/mol. The van der Waals surface area contributed by atoms with Gasteiger partial charge in [0, 0.05) is 25.1 Å². The fourth-order valence-corrected chi connectivity index (χ4v) is 2.52. The van der Waals surface area contributed by atoms with E-state index in [-0.39, 0.29) is 24.0 Å². The number of nitrogens with two attached hydrogens (primary N) is 1. The highest BCUT2D eigenvalue weighted by molar-refractivity contribution is 5.95. The molecule has 1 aliphatic rings. The number of carbonyl (C=O) groups excluding carboxylic acids is 1. The van der Waals surface area contributed by atoms with Crippen molar-refractivity contribution < 1.29 is 14.3 Å². The van der Waals surface area contributed by atoms with Crippen molar-refractivity contribution in [1.29, 1.82) is 0 Å². The first-order chi connectivity index (χ1) is 11.6. The van der Waals surface area contributed by atoms with Gasteiger partial charge >= 0.3 is 0 Å². The Bertz CT molecular complexity index is 710. The Kier molecular flexibility index (Phi) is 4.85. The highest BCUT2D eigenvalue weighted by Crippen LogP contribution is 2.16. The second kappa shape index (κ2) is 7.22. The molecule has 3 heterocycles. The Morgan fingerprint density at radius 2 is 2.29 bits per heavy atom. The number of anilines is 1. The summed E-state index contributed by atoms with van der Waals surface area (Å²) in [5, 5.41) is 2.97. The predicted octanol–water partition coefficient (Wildman–Crippen LogP) is 0.729. The number of amides is 1. The van der Waals surface area contributed by atoms with Crippen LogP contribution >= 0.6 is 0 Å². The van der Waals surface area contributed by atoms with Crippen LogP contribution in [0.2, 0.25) is 0 Å². The lowest BCUT2D eigenvalue weighted by molar-refractivity contribution is -0.0153. The van der Waals surface area contributed by atoms with Crippen molar-refractivity contribution in [3.05, 3.63) is 41.9 Å². The van der Waals surface area contributed by atoms with Crippen molar-refractivity contribution in [3.63, 3.8) is 0 Å². The molecule has 0 aromatic carbocycles. The summed E-state index contributed by atoms with van der Waals surface area (Å²) in [6, 6.07) is 5.23. The van der Waals surface area contributed by atoms with E-state index in [1.54, 1.807) is 19.2 Å². The molecular formula is C16H19N5O3. The number of pyridine rings is 1. The van der Waals surface area contributed by atoms with Crippen molar-refractivity contribution in [2.24, 2.45) is 0 Å². The quantitative estimate of drug-likeness (QED) is 0.850. The zero-order valence-electron chi connectivity index (χ0n) is 13.3. The molecule has 0 saturated carbocycles. The SMILES string of the molecule is Cc1nc(N)ncc1C(=O)N[C@@H]1CCOC[C@H]1Oc1ccccn1. The van der Waals surface area contributed by atoms with Crippen LogP contribution in [0.15, 0.2) is 30.6 Å². The summed E-state index contributed by atoms with van der Waals surface area (Å²) in [6.07, 6.45) is 3.42. The van der Waals surface area contributed by atoms with Gasteiger partial charge in [-0.1, -0.05) is 6.07 Å². The molecule has 0 spiro atoms. The molecule has 24 heavy (non-hydrogen) atoms. The van der Waals surface area contributed by atoms with E-state index in [4.69, 9.17) is 15.2 Å². The summed E-state index contributed by atoms with van der Waals surface area (Å²) in [7, 11) is 0. The molecule has 126 valence electrons. The van der Waals surface area contributed by atoms with Crippen molar-refractivity contribution in [1.82, 2.24) is 20.3 Å². The van der Waals surface area contributed by atoms with E-state index in [1.165, 1.54) is 6.20 Å². The zero-order valence-corrected chi connectivity index (χ0v) is 13.3. The van der Waals surface area contributed by atoms with E-state index >= 15 is 0 Å². The van der Waals surface area contributed by atoms with Gasteiger partial charge in [0.25, 0.3) is 5.91 Å². The smallest absolute Gasteiger partial charge is 0.255 e. The van der Waals surface area contributed by atoms with Crippen LogP contribution in [0, 0.1) is 6.92 Å². The van der Waals surface area contributed by atoms with Crippen molar-refractivity contribution >= 4 is 11.9 Å². The Morgan fingerprint density at radius 3 is 3.04 bits per heavy atom. The molecule has 2 atom stereocenters. The van der Waals surface area contributed by atoms with Crippen LogP contribution in [0.25, 0.3) is 0 Å². The van der Waals surface area contributed by atoms with Crippen LogP contribution in [0.3, 0.4) is 0 Å². The molecule has 8 nitrogen and oxygen atoms in total. The Hall–Kier alpha value is -2.74. The first-order valence-corrected chi connectivity index (χ1v) is 7.69. The molecule has 1 saturated heterocycles. The Labute approximate surface area is 139 Å². The highest BCUT2D eigenvalue weighted by Gasteiger charge is 2.30. The van der Waals surface area contributed by atoms with Gasteiger partial charge in [-0.05, 0) is 19.4 Å². The summed E-state index contributed by atoms with van der Waals surface area (Å²) in [4.78, 5) is 24.5. The third kappa shape index (κ3) is 3.77. The maximum Gasteiger partial charge on any atom is 0.255 e. The number of hydrogen-bond donors (Lipinski definition) is 2. The second-order valence-corrected chi connectivity index (χ2v) is 5.50. The minimum absolute atomic E-state index is 0.145. The van der Waals surface area contributed by atoms with Crippen LogP contribution in [0.4, 0.5) is 5.95 Å². The standard InChI is InChI=1S/C16H19N5O3/c1-10-11(8-19-16(17)20-10)15(22)21-12-5-7-23-9-13(12)24-14-4-2-3-6-18-14/h2-4,6,8,12-13H,5,7,9H2,1H3,(H,21,22)(H2,17,19,20)/t12-,13-/m1/s1. The second-order valence-electron chi connectivity index (χ2n) is 5.50. The van der Waals surface area contributed by atoms with Gasteiger partial charge in [-0.25, -0.2) is 15.0 Å². The molecule has 0 aliphatic carbocycles. The van der Waals surface area contributed by atoms with Crippen molar-refractivity contribution in [2.45, 2.75) is 25.5 Å². The Balaban J connectivity index is 1.70. The third-order valence-electron chi connectivity index (χ3n) is 3.77. The van der Waals surface area contributed by atoms with Crippen LogP contribution in [-0.4, -0.2) is 46.2 Å². The van der Waals surface area contributed by atoms with E-state index in [1.807, 2.05) is 12.1 Å². The van der Waals surface area contributed by atoms with Gasteiger partial charge in [-0.15, -0.1) is 0 Å². The van der Waals surface area contributed by atoms with Crippen LogP contribution < -0.4 is 15.8 Å². The monoisotopic (exact) mass is 329 g/mol. The van der Waals surface area contributed by atoms with E-state index in [0.717, 1.165) is 0 Å². The van der Waals surface area contributed by atoms with Crippen LogP contribution in [0.1, 0.15) is 22.5 Å². The lowest BCUT2D eigenvalue weighted by atomic mass is 10.1. The van der Waals surface area contributed by atoms with Gasteiger partial charge in [0.05, 0.1) is 23.9 Å². The van der Waals surface area contributed by atoms with Crippen molar-refractivity contribution in [3.8, 4) is 5.88 Å². The summed E-state index contributed by atoms with van der Waals surface area (Å²) in [5.41, 5.74) is 6.45. The highest BCUT2D eigenvalue weighted by atomic mass is 16.5. The number of carbonyl (C=O) groups is 1. The molecule has 3 rings (SSSR count). The fraction of sp³-hybridized carbons (Fsp3) is 0.375. The number of nitrogens with one attached hydrogen (secondary N) is 1. The molecule has 0 radical (unpaired) electrons. The largest absolute Gasteiger partial charge is 0.470 e. The lowest BCUT2D eigenvalue weighted by Crippen LogP contribution is -2.51. The minimum Gasteiger partial charge on any atom is -0.470 e. The van der Waals surface area contributed by atoms with Gasteiger partial charge in [0.1, 0.15) is 6.10 Å². The molecule has 1 fully saturated rings. The number of rotatable bonds is 4. The molecule has 3 N–H and O–H groups in total. The van der Waals surface area contributed by atoms with Crippen LogP contribution in [-0.2, 0) is 4.74 Å². The van der Waals surface area contributed by atoms with E-state index in [0.29, 0.717) is 36.8 Å². The summed E-state index contributed by atoms with van der Waals surface area (Å²) in [6.45, 7) is 2.67. The van der Waals surface area contributed by atoms with E-state index < -0.39 is 0 Å². The topological polar surface area (TPSA) is 112 Å². The fourth-order valence-electron chi connectivity index (χ4n) is 2.52. The molecule has 1 amide bonds. The zero-order chi connectivity index (χ0) is 16.9. The van der Waals surface area contributed by atoms with Gasteiger partial charge in [0.2, 0.25) is 11.8 Å². The molecule has 2 aromatic rings. The number of aromatic nitrogens is 3. The van der Waals surface area contributed by atoms with Gasteiger partial charge < -0.3 is 20.5 Å². The van der Waals surface area contributed by atoms with Gasteiger partial charge in [-0.3, -0.25) is 4.79 Å². The summed E-state index contributed by atoms with van der Waals surface area (Å²) in [5.74, 6) is 0.389. The molecule has 2 aromatic heterocycles. The lowest BCUT2D eigenvalue weighted by Gasteiger charge is -2.32. The van der Waals surface area contributed by atoms with E-state index in [2.05, 4.69) is 20.3 Å². The number of hydrogen-bond acceptors (Lipinski definition) is 7. The van der Waals surface area contributed by atoms with Crippen LogP contribution in [0.5, 0.6) is 5.88 Å². The summed E-state index contributed by atoms with van der Waals surface area (Å²) >= 11 is 0. The van der Waals surface area contributed by atoms with E-state index in [9.17, 15) is 4.79 Å². The average molecular weight is 329 g/mol. The first kappa shape index (κ1) is 16.1. The first-order valence-electron chi connectivity index (χ1n) is 7.69. The molecule has 0 unspecified atom stereocenters. The van der Waals surface area contributed by atoms with Crippen molar-refractivity contribution in [2.75, 3.05) is 18.9 Å². The maximum atomic E-state index is 12.5. The normalized spacial score (nSPS) is 20.4.